The Morgan fingerprint density at radius 2 is 1.39 bits per heavy atom. The van der Waals surface area contributed by atoms with Crippen molar-refractivity contribution in [2.24, 2.45) is 0 Å². The van der Waals surface area contributed by atoms with Gasteiger partial charge in [-0.2, -0.15) is 13.4 Å². The normalized spacial score (nSPS) is 10.5. The monoisotopic (exact) mass is 710 g/mol. The maximum atomic E-state index is 13.2. The number of rotatable bonds is 5. The quantitative estimate of drug-likeness (QED) is 0.136. The first-order valence-electron chi connectivity index (χ1n) is 10.8. The largest absolute Gasteiger partial charge is 0.330 e. The van der Waals surface area contributed by atoms with Gasteiger partial charge in [-0.05, 0) is 42.1 Å². The maximum Gasteiger partial charge on any atom is 0.330 e. The van der Waals surface area contributed by atoms with Crippen LogP contribution >= 0.6 is 0 Å². The number of hydrogen-bond acceptors (Lipinski definition) is 6. The average molecular weight is 710 g/mol. The van der Waals surface area contributed by atoms with E-state index in [1.54, 1.807) is 35.4 Å². The number of para-hydroxylation sites is 2. The van der Waals surface area contributed by atoms with Gasteiger partial charge in [-0.25, -0.2) is 4.98 Å². The molecule has 0 amide bonds. The standard InChI is InChI=1S/C16H13N3O3S.C11H6F2N.Ir/c20-23(21,22)16-17-12-11-15(18-16)19(13-7-3-1-4-8-13)14-9-5-2-6-10-14;12-8-4-5-9(10(13)7-8)11-3-1-2-6-14-11;/h1-12H,(H,20,21,22);1-4,6-7H;/q;-1;. The minimum atomic E-state index is -4.47. The third-order valence-corrected chi connectivity index (χ3v) is 5.54. The van der Waals surface area contributed by atoms with E-state index in [-0.39, 0.29) is 25.7 Å². The number of hydrogen-bond donors (Lipinski definition) is 1. The summed E-state index contributed by atoms with van der Waals surface area (Å²) in [5, 5.41) is -0.633. The predicted octanol–water partition coefficient (Wildman–Crippen LogP) is 6.02. The molecule has 0 atom stereocenters. The zero-order valence-corrected chi connectivity index (χ0v) is 22.7. The number of halogens is 2. The van der Waals surface area contributed by atoms with Crippen molar-refractivity contribution in [1.29, 1.82) is 0 Å². The van der Waals surface area contributed by atoms with E-state index < -0.39 is 26.9 Å². The van der Waals surface area contributed by atoms with Crippen molar-refractivity contribution in [2.45, 2.75) is 5.16 Å². The van der Waals surface area contributed by atoms with E-state index in [1.807, 2.05) is 60.7 Å². The van der Waals surface area contributed by atoms with Gasteiger partial charge in [-0.1, -0.05) is 60.2 Å². The van der Waals surface area contributed by atoms with Crippen molar-refractivity contribution in [3.8, 4) is 11.3 Å². The molecule has 0 aliphatic heterocycles. The van der Waals surface area contributed by atoms with E-state index in [4.69, 9.17) is 4.55 Å². The van der Waals surface area contributed by atoms with Crippen LogP contribution in [0.1, 0.15) is 0 Å². The van der Waals surface area contributed by atoms with E-state index in [0.29, 0.717) is 11.5 Å². The third kappa shape index (κ3) is 7.33. The van der Waals surface area contributed by atoms with Crippen LogP contribution in [-0.2, 0) is 30.2 Å². The van der Waals surface area contributed by atoms with E-state index in [9.17, 15) is 17.2 Å². The molecule has 0 unspecified atom stereocenters. The molecule has 0 bridgehead atoms. The van der Waals surface area contributed by atoms with E-state index in [2.05, 4.69) is 21.0 Å². The Balaban J connectivity index is 0.000000229. The van der Waals surface area contributed by atoms with Crippen LogP contribution in [0.5, 0.6) is 0 Å². The van der Waals surface area contributed by atoms with Gasteiger partial charge in [0.2, 0.25) is 0 Å². The number of nitrogens with zero attached hydrogens (tertiary/aromatic N) is 4. The summed E-state index contributed by atoms with van der Waals surface area (Å²) in [6, 6.07) is 29.9. The smallest absolute Gasteiger partial charge is 0.305 e. The predicted molar refractivity (Wildman–Crippen MR) is 135 cm³/mol. The minimum absolute atomic E-state index is 0. The number of anilines is 3. The maximum absolute atomic E-state index is 13.2. The fourth-order valence-electron chi connectivity index (χ4n) is 3.30. The van der Waals surface area contributed by atoms with Crippen LogP contribution in [-0.4, -0.2) is 27.9 Å². The molecule has 7 nitrogen and oxygen atoms in total. The van der Waals surface area contributed by atoms with Gasteiger partial charge >= 0.3 is 10.1 Å². The summed E-state index contributed by atoms with van der Waals surface area (Å²) in [5.74, 6) is -0.948. The molecule has 5 rings (SSSR count). The zero-order valence-electron chi connectivity index (χ0n) is 19.4. The van der Waals surface area contributed by atoms with Gasteiger partial charge in [0.05, 0.1) is 0 Å². The Labute approximate surface area is 232 Å². The molecule has 3 aromatic carbocycles. The molecule has 0 aliphatic carbocycles. The number of benzene rings is 3. The van der Waals surface area contributed by atoms with Crippen LogP contribution in [0.15, 0.2) is 115 Å². The molecule has 0 aliphatic rings. The van der Waals surface area contributed by atoms with Gasteiger partial charge in [-0.15, -0.1) is 12.1 Å². The van der Waals surface area contributed by atoms with Gasteiger partial charge < -0.3 is 4.98 Å². The van der Waals surface area contributed by atoms with Crippen molar-refractivity contribution in [1.82, 2.24) is 15.0 Å². The number of pyridine rings is 1. The zero-order chi connectivity index (χ0) is 26.3. The van der Waals surface area contributed by atoms with Crippen LogP contribution < -0.4 is 4.90 Å². The molecule has 1 N–H and O–H groups in total. The summed E-state index contributed by atoms with van der Waals surface area (Å²) in [6.07, 6.45) is 2.84. The summed E-state index contributed by atoms with van der Waals surface area (Å²) >= 11 is 0. The Morgan fingerprint density at radius 1 is 0.789 bits per heavy atom. The van der Waals surface area contributed by atoms with Crippen molar-refractivity contribution >= 4 is 27.3 Å². The van der Waals surface area contributed by atoms with Crippen molar-refractivity contribution in [3.63, 3.8) is 0 Å². The average Bonchev–Trinajstić information content (AvgIpc) is 2.91. The van der Waals surface area contributed by atoms with Gasteiger partial charge in [0.15, 0.2) is 0 Å². The Morgan fingerprint density at radius 3 is 1.92 bits per heavy atom. The molecule has 195 valence electrons. The molecular weight excluding hydrogens is 691 g/mol. The molecule has 0 spiro atoms. The second-order valence-corrected chi connectivity index (χ2v) is 8.75. The first kappa shape index (κ1) is 28.7. The second-order valence-electron chi connectivity index (χ2n) is 7.43. The van der Waals surface area contributed by atoms with Gasteiger partial charge in [0.25, 0.3) is 5.16 Å². The van der Waals surface area contributed by atoms with E-state index >= 15 is 0 Å². The fraction of sp³-hybridized carbons (Fsp3) is 0. The van der Waals surface area contributed by atoms with Crippen molar-refractivity contribution < 1.29 is 41.9 Å². The molecule has 2 aromatic heterocycles. The van der Waals surface area contributed by atoms with E-state index in [1.165, 1.54) is 6.20 Å². The van der Waals surface area contributed by atoms with Crippen LogP contribution in [0.25, 0.3) is 11.3 Å². The van der Waals surface area contributed by atoms with Crippen LogP contribution in [0.4, 0.5) is 26.0 Å². The second kappa shape index (κ2) is 13.1. The van der Waals surface area contributed by atoms with Gasteiger partial charge in [-0.3, -0.25) is 18.2 Å². The first-order valence-corrected chi connectivity index (χ1v) is 12.3. The molecule has 0 fully saturated rings. The van der Waals surface area contributed by atoms with Crippen molar-refractivity contribution in [2.75, 3.05) is 4.90 Å². The minimum Gasteiger partial charge on any atom is -0.305 e. The Kier molecular flexibility index (Phi) is 9.86. The fourth-order valence-corrected chi connectivity index (χ4v) is 3.70. The first-order chi connectivity index (χ1) is 17.8. The SMILES string of the molecule is Fc1c[c-]c(-c2ccccn2)c(F)c1.O=S(=O)(O)c1nccc(N(c2ccccc2)c2ccccc2)n1.[Ir]. The van der Waals surface area contributed by atoms with Crippen LogP contribution in [0.2, 0.25) is 0 Å². The summed E-state index contributed by atoms with van der Waals surface area (Å²) in [5.41, 5.74) is 2.24. The summed E-state index contributed by atoms with van der Waals surface area (Å²) in [7, 11) is -4.47. The summed E-state index contributed by atoms with van der Waals surface area (Å²) in [4.78, 5) is 13.3. The molecule has 1 radical (unpaired) electrons. The van der Waals surface area contributed by atoms with Crippen molar-refractivity contribution in [3.05, 3.63) is 127 Å². The Hall–Kier alpha value is -3.89. The molecule has 38 heavy (non-hydrogen) atoms. The molecule has 0 saturated carbocycles. The Bertz CT molecular complexity index is 1540. The van der Waals surface area contributed by atoms with Gasteiger partial charge in [0.1, 0.15) is 5.82 Å². The topological polar surface area (TPSA) is 96.3 Å². The van der Waals surface area contributed by atoms with Crippen LogP contribution in [0.3, 0.4) is 0 Å². The summed E-state index contributed by atoms with van der Waals surface area (Å²) in [6.45, 7) is 0. The van der Waals surface area contributed by atoms with Gasteiger partial charge in [0, 0.05) is 55.5 Å². The molecule has 11 heteroatoms. The van der Waals surface area contributed by atoms with Crippen LogP contribution in [0, 0.1) is 17.7 Å². The van der Waals surface area contributed by atoms with E-state index in [0.717, 1.165) is 23.5 Å². The molecular formula is C27H19F2IrN4O3S-. The molecule has 5 aromatic rings. The molecule has 0 saturated heterocycles. The number of aromatic nitrogens is 3. The molecule has 2 heterocycles. The third-order valence-electron chi connectivity index (χ3n) is 4.89. The summed E-state index contributed by atoms with van der Waals surface area (Å²) < 4.78 is 57.5.